The molecule has 1 fully saturated rings. The van der Waals surface area contributed by atoms with Gasteiger partial charge >= 0.3 is 6.09 Å². The van der Waals surface area contributed by atoms with Gasteiger partial charge in [-0.15, -0.1) is 0 Å². The van der Waals surface area contributed by atoms with Gasteiger partial charge in [-0.1, -0.05) is 24.3 Å². The molecule has 1 heterocycles. The third-order valence-corrected chi connectivity index (χ3v) is 5.20. The summed E-state index contributed by atoms with van der Waals surface area (Å²) >= 11 is 0. The molecule has 8 heteroatoms. The van der Waals surface area contributed by atoms with Crippen LogP contribution in [0.1, 0.15) is 31.9 Å². The van der Waals surface area contributed by atoms with Crippen LogP contribution in [0.4, 0.5) is 9.18 Å². The third kappa shape index (κ3) is 6.08. The molecule has 170 valence electrons. The standard InChI is InChI=1S/C25H25FN4O3/c1-25(2,3)33-24(32)30-14-20(15-30)23(31)29-21(13-28)10-19-9-8-18(11-22(19)26)17-6-4-16(12-27)5-7-17/h4-9,11,20-21H,10,14-15H2,1-3H3,(H,29,31)/t21-/m0/s1. The fraction of sp³-hybridized carbons (Fsp3) is 0.360. The van der Waals surface area contributed by atoms with Crippen LogP contribution >= 0.6 is 0 Å². The van der Waals surface area contributed by atoms with Crippen LogP contribution in [0.3, 0.4) is 0 Å². The summed E-state index contributed by atoms with van der Waals surface area (Å²) in [5.74, 6) is -1.26. The van der Waals surface area contributed by atoms with E-state index >= 15 is 0 Å². The molecule has 0 aromatic heterocycles. The molecule has 3 rings (SSSR count). The highest BCUT2D eigenvalue weighted by Crippen LogP contribution is 2.24. The summed E-state index contributed by atoms with van der Waals surface area (Å²) in [5.41, 5.74) is 1.63. The number of benzene rings is 2. The SMILES string of the molecule is CC(C)(C)OC(=O)N1CC(C(=O)N[C@H](C#N)Cc2ccc(-c3ccc(C#N)cc3)cc2F)C1. The zero-order valence-corrected chi connectivity index (χ0v) is 18.8. The molecule has 2 aromatic rings. The highest BCUT2D eigenvalue weighted by atomic mass is 19.1. The highest BCUT2D eigenvalue weighted by Gasteiger charge is 2.38. The molecule has 0 unspecified atom stereocenters. The molecule has 33 heavy (non-hydrogen) atoms. The largest absolute Gasteiger partial charge is 0.444 e. The van der Waals surface area contributed by atoms with Crippen molar-refractivity contribution < 1.29 is 18.7 Å². The van der Waals surface area contributed by atoms with Gasteiger partial charge in [0.2, 0.25) is 5.91 Å². The van der Waals surface area contributed by atoms with Crippen LogP contribution in [-0.4, -0.2) is 41.6 Å². The fourth-order valence-corrected chi connectivity index (χ4v) is 3.39. The Morgan fingerprint density at radius 1 is 1.15 bits per heavy atom. The van der Waals surface area contributed by atoms with Crippen molar-refractivity contribution in [3.05, 3.63) is 59.4 Å². The van der Waals surface area contributed by atoms with Crippen LogP contribution in [0, 0.1) is 34.4 Å². The summed E-state index contributed by atoms with van der Waals surface area (Å²) in [7, 11) is 0. The molecule has 0 radical (unpaired) electrons. The molecule has 2 amide bonds. The summed E-state index contributed by atoms with van der Waals surface area (Å²) in [6.45, 7) is 5.73. The summed E-state index contributed by atoms with van der Waals surface area (Å²) in [6, 6.07) is 14.6. The molecule has 1 saturated heterocycles. The molecule has 7 nitrogen and oxygen atoms in total. The zero-order chi connectivity index (χ0) is 24.2. The molecule has 1 N–H and O–H groups in total. The number of carbonyl (C=O) groups is 2. The predicted octanol–water partition coefficient (Wildman–Crippen LogP) is 3.78. The third-order valence-electron chi connectivity index (χ3n) is 5.20. The first-order valence-electron chi connectivity index (χ1n) is 10.6. The van der Waals surface area contributed by atoms with Gasteiger partial charge in [-0.05, 0) is 55.7 Å². The van der Waals surface area contributed by atoms with E-state index in [0.29, 0.717) is 16.7 Å². The Labute approximate surface area is 192 Å². The van der Waals surface area contributed by atoms with Gasteiger partial charge in [-0.3, -0.25) is 4.79 Å². The number of amides is 2. The normalized spacial score (nSPS) is 14.4. The quantitative estimate of drug-likeness (QED) is 0.749. The lowest BCUT2D eigenvalue weighted by atomic mass is 9.97. The lowest BCUT2D eigenvalue weighted by Crippen LogP contribution is -2.57. The number of ether oxygens (including phenoxy) is 1. The number of carbonyl (C=O) groups excluding carboxylic acids is 2. The van der Waals surface area contributed by atoms with Crippen molar-refractivity contribution in [1.82, 2.24) is 10.2 Å². The van der Waals surface area contributed by atoms with E-state index in [1.165, 1.54) is 11.0 Å². The number of hydrogen-bond donors (Lipinski definition) is 1. The maximum Gasteiger partial charge on any atom is 0.410 e. The molecule has 2 aromatic carbocycles. The van der Waals surface area contributed by atoms with Gasteiger partial charge in [0.15, 0.2) is 0 Å². The van der Waals surface area contributed by atoms with Gasteiger partial charge in [0.25, 0.3) is 0 Å². The molecular formula is C25H25FN4O3. The van der Waals surface area contributed by atoms with E-state index in [9.17, 15) is 19.2 Å². The van der Waals surface area contributed by atoms with Gasteiger partial charge in [0.1, 0.15) is 17.5 Å². The second kappa shape index (κ2) is 9.70. The first kappa shape index (κ1) is 23.7. The Balaban J connectivity index is 1.56. The van der Waals surface area contributed by atoms with E-state index in [4.69, 9.17) is 10.00 Å². The molecule has 0 bridgehead atoms. The monoisotopic (exact) mass is 448 g/mol. The van der Waals surface area contributed by atoms with Crippen molar-refractivity contribution in [3.63, 3.8) is 0 Å². The van der Waals surface area contributed by atoms with Gasteiger partial charge in [0.05, 0.1) is 23.6 Å². The molecular weight excluding hydrogens is 423 g/mol. The van der Waals surface area contributed by atoms with Crippen LogP contribution in [0.15, 0.2) is 42.5 Å². The smallest absolute Gasteiger partial charge is 0.410 e. The van der Waals surface area contributed by atoms with E-state index in [0.717, 1.165) is 5.56 Å². The van der Waals surface area contributed by atoms with E-state index in [1.807, 2.05) is 12.1 Å². The summed E-state index contributed by atoms with van der Waals surface area (Å²) in [4.78, 5) is 25.9. The predicted molar refractivity (Wildman–Crippen MR) is 119 cm³/mol. The first-order chi connectivity index (χ1) is 15.6. The number of nitrogens with one attached hydrogen (secondary N) is 1. The van der Waals surface area contributed by atoms with Crippen molar-refractivity contribution in [1.29, 1.82) is 10.5 Å². The van der Waals surface area contributed by atoms with Crippen molar-refractivity contribution in [2.24, 2.45) is 5.92 Å². The average Bonchev–Trinajstić information content (AvgIpc) is 2.72. The molecule has 0 saturated carbocycles. The second-order valence-corrected chi connectivity index (χ2v) is 8.97. The summed E-state index contributed by atoms with van der Waals surface area (Å²) < 4.78 is 20.0. The van der Waals surface area contributed by atoms with Gasteiger partial charge in [0, 0.05) is 19.5 Å². The zero-order valence-electron chi connectivity index (χ0n) is 18.8. The molecule has 0 spiro atoms. The number of likely N-dealkylation sites (tertiary alicyclic amines) is 1. The molecule has 1 aliphatic rings. The minimum absolute atomic E-state index is 0.0181. The number of halogens is 1. The first-order valence-corrected chi connectivity index (χ1v) is 10.6. The number of nitrogens with zero attached hydrogens (tertiary/aromatic N) is 3. The summed E-state index contributed by atoms with van der Waals surface area (Å²) in [5, 5.41) is 21.0. The molecule has 1 aliphatic heterocycles. The Morgan fingerprint density at radius 3 is 2.33 bits per heavy atom. The van der Waals surface area contributed by atoms with Gasteiger partial charge in [-0.25, -0.2) is 9.18 Å². The Kier molecular flexibility index (Phi) is 6.98. The van der Waals surface area contributed by atoms with E-state index in [-0.39, 0.29) is 25.4 Å². The number of rotatable bonds is 5. The second-order valence-electron chi connectivity index (χ2n) is 8.97. The van der Waals surface area contributed by atoms with Crippen LogP contribution in [0.2, 0.25) is 0 Å². The lowest BCUT2D eigenvalue weighted by Gasteiger charge is -2.39. The average molecular weight is 448 g/mol. The van der Waals surface area contributed by atoms with Crippen LogP contribution in [0.5, 0.6) is 0 Å². The highest BCUT2D eigenvalue weighted by molar-refractivity contribution is 5.83. The van der Waals surface area contributed by atoms with E-state index in [1.54, 1.807) is 57.2 Å². The molecule has 1 atom stereocenters. The van der Waals surface area contributed by atoms with Gasteiger partial charge < -0.3 is 15.0 Å². The minimum Gasteiger partial charge on any atom is -0.444 e. The maximum atomic E-state index is 14.7. The van der Waals surface area contributed by atoms with Crippen LogP contribution in [0.25, 0.3) is 11.1 Å². The fourth-order valence-electron chi connectivity index (χ4n) is 3.39. The number of nitriles is 2. The van der Waals surface area contributed by atoms with Crippen molar-refractivity contribution in [2.45, 2.75) is 38.8 Å². The Morgan fingerprint density at radius 2 is 1.79 bits per heavy atom. The Bertz CT molecular complexity index is 1120. The molecule has 0 aliphatic carbocycles. The van der Waals surface area contributed by atoms with Crippen molar-refractivity contribution in [2.75, 3.05) is 13.1 Å². The van der Waals surface area contributed by atoms with Crippen LogP contribution < -0.4 is 5.32 Å². The van der Waals surface area contributed by atoms with Crippen molar-refractivity contribution >= 4 is 12.0 Å². The van der Waals surface area contributed by atoms with Gasteiger partial charge in [-0.2, -0.15) is 10.5 Å². The topological polar surface area (TPSA) is 106 Å². The van der Waals surface area contributed by atoms with Crippen LogP contribution in [-0.2, 0) is 16.0 Å². The Hall–Kier alpha value is -3.91. The van der Waals surface area contributed by atoms with Crippen molar-refractivity contribution in [3.8, 4) is 23.3 Å². The minimum atomic E-state index is -0.900. The van der Waals surface area contributed by atoms with E-state index in [2.05, 4.69) is 5.32 Å². The van der Waals surface area contributed by atoms with E-state index < -0.39 is 29.5 Å². The lowest BCUT2D eigenvalue weighted by molar-refractivity contribution is -0.130. The summed E-state index contributed by atoms with van der Waals surface area (Å²) in [6.07, 6.45) is -0.461. The maximum absolute atomic E-state index is 14.7. The number of hydrogen-bond acceptors (Lipinski definition) is 5.